The Morgan fingerprint density at radius 3 is 2.17 bits per heavy atom. The molecule has 5 rings (SSSR count). The molecule has 184 valence electrons. The van der Waals surface area contributed by atoms with Crippen molar-refractivity contribution in [1.29, 1.82) is 0 Å². The molecule has 3 saturated heterocycles. The fourth-order valence-electron chi connectivity index (χ4n) is 5.31. The molecule has 0 aromatic heterocycles. The maximum Gasteiger partial charge on any atom is 0.256 e. The molecule has 3 aliphatic heterocycles. The number of rotatable bonds is 3. The van der Waals surface area contributed by atoms with Gasteiger partial charge in [0.2, 0.25) is 5.91 Å². The van der Waals surface area contributed by atoms with E-state index in [4.69, 9.17) is 9.47 Å². The Hall–Kier alpha value is -3.23. The van der Waals surface area contributed by atoms with E-state index in [1.807, 2.05) is 54.3 Å². The van der Waals surface area contributed by atoms with Gasteiger partial charge in [0.25, 0.3) is 11.8 Å². The molecule has 1 atom stereocenters. The largest absolute Gasteiger partial charge is 0.378 e. The van der Waals surface area contributed by atoms with E-state index in [0.717, 1.165) is 5.56 Å². The fraction of sp³-hybridized carbons (Fsp3) is 0.444. The van der Waals surface area contributed by atoms with Crippen molar-refractivity contribution in [2.75, 3.05) is 46.0 Å². The molecule has 0 radical (unpaired) electrons. The number of ether oxygens (including phenoxy) is 2. The number of benzene rings is 2. The molecule has 2 aromatic rings. The first-order chi connectivity index (χ1) is 17.0. The highest BCUT2D eigenvalue weighted by molar-refractivity contribution is 5.99. The lowest BCUT2D eigenvalue weighted by molar-refractivity contribution is -0.141. The fourth-order valence-corrected chi connectivity index (χ4v) is 5.31. The molecular weight excluding hydrogens is 446 g/mol. The van der Waals surface area contributed by atoms with Gasteiger partial charge in [-0.15, -0.1) is 0 Å². The first-order valence-corrected chi connectivity index (χ1v) is 12.2. The van der Waals surface area contributed by atoms with Crippen LogP contribution in [0.2, 0.25) is 0 Å². The summed E-state index contributed by atoms with van der Waals surface area (Å²) in [6.07, 6.45) is 0.909. The van der Waals surface area contributed by atoms with Gasteiger partial charge in [0, 0.05) is 50.1 Å². The van der Waals surface area contributed by atoms with Gasteiger partial charge in [-0.25, -0.2) is 0 Å². The Labute approximate surface area is 205 Å². The Bertz CT molecular complexity index is 1090. The number of hydrogen-bond acceptors (Lipinski definition) is 5. The third-order valence-electron chi connectivity index (χ3n) is 7.32. The second-order valence-electron chi connectivity index (χ2n) is 9.36. The normalized spacial score (nSPS) is 21.9. The van der Waals surface area contributed by atoms with Crippen LogP contribution in [0, 0.1) is 6.92 Å². The number of hydrogen-bond donors (Lipinski definition) is 0. The average molecular weight is 478 g/mol. The third kappa shape index (κ3) is 4.44. The molecule has 8 nitrogen and oxygen atoms in total. The Kier molecular flexibility index (Phi) is 6.58. The van der Waals surface area contributed by atoms with Crippen LogP contribution in [0.1, 0.15) is 39.1 Å². The molecule has 0 saturated carbocycles. The highest BCUT2D eigenvalue weighted by atomic mass is 16.5. The first-order valence-electron chi connectivity index (χ1n) is 12.2. The molecule has 0 aliphatic carbocycles. The zero-order valence-corrected chi connectivity index (χ0v) is 20.0. The van der Waals surface area contributed by atoms with E-state index in [1.165, 1.54) is 0 Å². The first kappa shape index (κ1) is 23.5. The Morgan fingerprint density at radius 1 is 0.829 bits per heavy atom. The number of carbonyl (C=O) groups excluding carboxylic acids is 3. The van der Waals surface area contributed by atoms with E-state index in [2.05, 4.69) is 0 Å². The van der Waals surface area contributed by atoms with Crippen molar-refractivity contribution in [3.05, 3.63) is 71.3 Å². The lowest BCUT2D eigenvalue weighted by Gasteiger charge is -2.45. The third-order valence-corrected chi connectivity index (χ3v) is 7.32. The zero-order valence-electron chi connectivity index (χ0n) is 20.0. The summed E-state index contributed by atoms with van der Waals surface area (Å²) in [7, 11) is 0. The van der Waals surface area contributed by atoms with E-state index >= 15 is 0 Å². The SMILES string of the molecule is Cc1ccccc1C(=O)N1CCC2(CC1)OCC(C(=O)N1CCOCC1)N2C(=O)c1ccccc1. The number of likely N-dealkylation sites (tertiary alicyclic amines) is 1. The van der Waals surface area contributed by atoms with E-state index in [1.54, 1.807) is 21.9 Å². The van der Waals surface area contributed by atoms with Crippen LogP contribution < -0.4 is 0 Å². The molecule has 35 heavy (non-hydrogen) atoms. The summed E-state index contributed by atoms with van der Waals surface area (Å²) in [6, 6.07) is 15.9. The van der Waals surface area contributed by atoms with E-state index in [-0.39, 0.29) is 24.3 Å². The minimum absolute atomic E-state index is 0.0159. The van der Waals surface area contributed by atoms with Gasteiger partial charge in [0.15, 0.2) is 0 Å². The smallest absolute Gasteiger partial charge is 0.256 e. The van der Waals surface area contributed by atoms with Crippen LogP contribution in [-0.2, 0) is 14.3 Å². The Morgan fingerprint density at radius 2 is 1.49 bits per heavy atom. The van der Waals surface area contributed by atoms with E-state index in [9.17, 15) is 14.4 Å². The molecule has 3 amide bonds. The number of carbonyl (C=O) groups is 3. The number of morpholine rings is 1. The molecule has 1 unspecified atom stereocenters. The number of aryl methyl sites for hydroxylation is 1. The molecule has 1 spiro atoms. The van der Waals surface area contributed by atoms with Crippen LogP contribution >= 0.6 is 0 Å². The Balaban J connectivity index is 1.39. The standard InChI is InChI=1S/C27H31N3O5/c1-20-7-5-6-10-22(20)25(32)28-13-11-27(12-14-28)30(24(31)21-8-3-2-4-9-21)23(19-35-27)26(33)29-15-17-34-18-16-29/h2-10,23H,11-19H2,1H3. The van der Waals surface area contributed by atoms with Crippen molar-refractivity contribution >= 4 is 17.7 Å². The van der Waals surface area contributed by atoms with Crippen LogP contribution in [0.3, 0.4) is 0 Å². The van der Waals surface area contributed by atoms with Gasteiger partial charge in [-0.2, -0.15) is 0 Å². The molecular formula is C27H31N3O5. The summed E-state index contributed by atoms with van der Waals surface area (Å²) in [5.41, 5.74) is 1.23. The number of piperidine rings is 1. The second-order valence-corrected chi connectivity index (χ2v) is 9.36. The van der Waals surface area contributed by atoms with Crippen molar-refractivity contribution in [3.63, 3.8) is 0 Å². The second kappa shape index (κ2) is 9.79. The number of amides is 3. The maximum atomic E-state index is 13.8. The summed E-state index contributed by atoms with van der Waals surface area (Å²) < 4.78 is 11.7. The molecule has 3 aliphatic rings. The monoisotopic (exact) mass is 477 g/mol. The summed E-state index contributed by atoms with van der Waals surface area (Å²) in [5.74, 6) is -0.334. The summed E-state index contributed by atoms with van der Waals surface area (Å²) in [6.45, 7) is 4.98. The van der Waals surface area contributed by atoms with Crippen LogP contribution in [0.25, 0.3) is 0 Å². The zero-order chi connectivity index (χ0) is 24.4. The van der Waals surface area contributed by atoms with Crippen LogP contribution in [0.5, 0.6) is 0 Å². The predicted molar refractivity (Wildman–Crippen MR) is 129 cm³/mol. The van der Waals surface area contributed by atoms with Crippen molar-refractivity contribution < 1.29 is 23.9 Å². The number of nitrogens with zero attached hydrogens (tertiary/aromatic N) is 3. The summed E-state index contributed by atoms with van der Waals surface area (Å²) in [5, 5.41) is 0. The quantitative estimate of drug-likeness (QED) is 0.678. The lowest BCUT2D eigenvalue weighted by atomic mass is 9.95. The van der Waals surface area contributed by atoms with Crippen molar-refractivity contribution in [2.24, 2.45) is 0 Å². The molecule has 0 bridgehead atoms. The minimum atomic E-state index is -0.915. The topological polar surface area (TPSA) is 79.4 Å². The van der Waals surface area contributed by atoms with Gasteiger partial charge < -0.3 is 19.3 Å². The highest BCUT2D eigenvalue weighted by Gasteiger charge is 2.55. The maximum absolute atomic E-state index is 13.8. The van der Waals surface area contributed by atoms with Gasteiger partial charge in [0.05, 0.1) is 19.8 Å². The lowest BCUT2D eigenvalue weighted by Crippen LogP contribution is -2.60. The summed E-state index contributed by atoms with van der Waals surface area (Å²) in [4.78, 5) is 45.7. The average Bonchev–Trinajstić information content (AvgIpc) is 3.27. The summed E-state index contributed by atoms with van der Waals surface area (Å²) >= 11 is 0. The van der Waals surface area contributed by atoms with Gasteiger partial charge in [-0.3, -0.25) is 19.3 Å². The molecule has 3 fully saturated rings. The van der Waals surface area contributed by atoms with Crippen molar-refractivity contribution in [1.82, 2.24) is 14.7 Å². The van der Waals surface area contributed by atoms with Gasteiger partial charge >= 0.3 is 0 Å². The minimum Gasteiger partial charge on any atom is -0.378 e. The molecule has 8 heteroatoms. The van der Waals surface area contributed by atoms with E-state index < -0.39 is 11.8 Å². The van der Waals surface area contributed by atoms with Gasteiger partial charge in [0.1, 0.15) is 11.8 Å². The van der Waals surface area contributed by atoms with Crippen LogP contribution in [0.15, 0.2) is 54.6 Å². The molecule has 2 aromatic carbocycles. The van der Waals surface area contributed by atoms with Crippen molar-refractivity contribution in [3.8, 4) is 0 Å². The van der Waals surface area contributed by atoms with Gasteiger partial charge in [-0.1, -0.05) is 36.4 Å². The molecule has 0 N–H and O–H groups in total. The van der Waals surface area contributed by atoms with Crippen LogP contribution in [-0.4, -0.2) is 90.2 Å². The van der Waals surface area contributed by atoms with Gasteiger partial charge in [-0.05, 0) is 30.7 Å². The highest BCUT2D eigenvalue weighted by Crippen LogP contribution is 2.39. The molecule has 3 heterocycles. The van der Waals surface area contributed by atoms with E-state index in [0.29, 0.717) is 63.4 Å². The van der Waals surface area contributed by atoms with Crippen LogP contribution in [0.4, 0.5) is 0 Å². The van der Waals surface area contributed by atoms with Crippen molar-refractivity contribution in [2.45, 2.75) is 31.5 Å². The predicted octanol–water partition coefficient (Wildman–Crippen LogP) is 2.33.